The van der Waals surface area contributed by atoms with Crippen LogP contribution in [0.2, 0.25) is 0 Å². The van der Waals surface area contributed by atoms with E-state index in [1.165, 1.54) is 11.8 Å². The summed E-state index contributed by atoms with van der Waals surface area (Å²) in [7, 11) is 0. The zero-order valence-electron chi connectivity index (χ0n) is 12.0. The molecule has 21 heavy (non-hydrogen) atoms. The molecule has 0 aliphatic carbocycles. The van der Waals surface area contributed by atoms with Crippen molar-refractivity contribution in [2.75, 3.05) is 37.6 Å². The van der Waals surface area contributed by atoms with E-state index in [0.29, 0.717) is 31.9 Å². The summed E-state index contributed by atoms with van der Waals surface area (Å²) >= 11 is 0. The molecule has 1 aliphatic rings. The Morgan fingerprint density at radius 1 is 1.14 bits per heavy atom. The molecular weight excluding hydrogens is 268 g/mol. The van der Waals surface area contributed by atoms with Crippen molar-refractivity contribution >= 4 is 17.5 Å². The van der Waals surface area contributed by atoms with Crippen LogP contribution >= 0.6 is 0 Å². The van der Waals surface area contributed by atoms with Crippen molar-refractivity contribution in [1.29, 1.82) is 5.26 Å². The van der Waals surface area contributed by atoms with Gasteiger partial charge in [0.25, 0.3) is 0 Å². The Hall–Kier alpha value is -2.55. The molecule has 110 valence electrons. The van der Waals surface area contributed by atoms with E-state index in [4.69, 9.17) is 0 Å². The zero-order chi connectivity index (χ0) is 15.2. The number of amides is 2. The highest BCUT2D eigenvalue weighted by Gasteiger charge is 2.23. The van der Waals surface area contributed by atoms with Gasteiger partial charge in [0.2, 0.25) is 11.8 Å². The fraction of sp³-hybridized carbons (Fsp3) is 0.400. The lowest BCUT2D eigenvalue weighted by atomic mass is 10.2. The third-order valence-electron chi connectivity index (χ3n) is 3.56. The van der Waals surface area contributed by atoms with E-state index in [-0.39, 0.29) is 18.4 Å². The maximum absolute atomic E-state index is 12.2. The van der Waals surface area contributed by atoms with E-state index in [9.17, 15) is 14.9 Å². The molecule has 0 bridgehead atoms. The summed E-state index contributed by atoms with van der Waals surface area (Å²) in [6.07, 6.45) is 2.04. The Bertz CT molecular complexity index is 545. The van der Waals surface area contributed by atoms with Gasteiger partial charge in [-0.15, -0.1) is 0 Å². The molecule has 2 rings (SSSR count). The Labute approximate surface area is 124 Å². The molecule has 2 amide bonds. The van der Waals surface area contributed by atoms with Gasteiger partial charge in [-0.25, -0.2) is 0 Å². The van der Waals surface area contributed by atoms with Crippen LogP contribution in [0.15, 0.2) is 30.3 Å². The van der Waals surface area contributed by atoms with Gasteiger partial charge in [0.1, 0.15) is 6.54 Å². The smallest absolute Gasteiger partial charge is 0.243 e. The van der Waals surface area contributed by atoms with Crippen LogP contribution in [0.25, 0.3) is 0 Å². The van der Waals surface area contributed by atoms with Crippen LogP contribution in [-0.2, 0) is 9.59 Å². The third kappa shape index (κ3) is 3.72. The molecule has 0 radical (unpaired) electrons. The molecule has 0 N–H and O–H groups in total. The van der Waals surface area contributed by atoms with Crippen molar-refractivity contribution < 1.29 is 9.59 Å². The number of nitriles is 1. The SMILES string of the molecule is CC(=O)N1CCN(C(=O)CN(C#N)c2ccccc2)CC1. The first-order valence-electron chi connectivity index (χ1n) is 6.87. The Morgan fingerprint density at radius 2 is 1.71 bits per heavy atom. The first-order chi connectivity index (χ1) is 10.1. The predicted octanol–water partition coefficient (Wildman–Crippen LogP) is 0.665. The highest BCUT2D eigenvalue weighted by atomic mass is 16.2. The zero-order valence-corrected chi connectivity index (χ0v) is 12.0. The standard InChI is InChI=1S/C15H18N4O2/c1-13(20)17-7-9-18(10-8-17)15(21)11-19(12-16)14-5-3-2-4-6-14/h2-6H,7-11H2,1H3. The van der Waals surface area contributed by atoms with E-state index in [1.807, 2.05) is 24.4 Å². The summed E-state index contributed by atoms with van der Waals surface area (Å²) in [6, 6.07) is 9.11. The molecule has 0 spiro atoms. The van der Waals surface area contributed by atoms with Gasteiger partial charge in [-0.05, 0) is 12.1 Å². The second-order valence-electron chi connectivity index (χ2n) is 4.91. The van der Waals surface area contributed by atoms with E-state index >= 15 is 0 Å². The molecule has 1 fully saturated rings. The Morgan fingerprint density at radius 3 is 2.24 bits per heavy atom. The number of piperazine rings is 1. The molecule has 6 heteroatoms. The number of benzene rings is 1. The number of carbonyl (C=O) groups is 2. The van der Waals surface area contributed by atoms with Crippen LogP contribution in [-0.4, -0.2) is 54.3 Å². The largest absolute Gasteiger partial charge is 0.339 e. The molecule has 1 heterocycles. The van der Waals surface area contributed by atoms with E-state index in [1.54, 1.807) is 21.9 Å². The van der Waals surface area contributed by atoms with Crippen LogP contribution in [0.3, 0.4) is 0 Å². The molecular formula is C15H18N4O2. The number of carbonyl (C=O) groups excluding carboxylic acids is 2. The average molecular weight is 286 g/mol. The average Bonchev–Trinajstić information content (AvgIpc) is 2.53. The molecule has 0 unspecified atom stereocenters. The maximum Gasteiger partial charge on any atom is 0.243 e. The lowest BCUT2D eigenvalue weighted by Gasteiger charge is -2.34. The van der Waals surface area contributed by atoms with Crippen LogP contribution in [0.1, 0.15) is 6.92 Å². The maximum atomic E-state index is 12.2. The van der Waals surface area contributed by atoms with Gasteiger partial charge in [0.05, 0.1) is 5.69 Å². The van der Waals surface area contributed by atoms with Gasteiger partial charge < -0.3 is 9.80 Å². The minimum Gasteiger partial charge on any atom is -0.339 e. The van der Waals surface area contributed by atoms with Gasteiger partial charge in [0.15, 0.2) is 6.19 Å². The highest BCUT2D eigenvalue weighted by Crippen LogP contribution is 2.12. The summed E-state index contributed by atoms with van der Waals surface area (Å²) in [5, 5.41) is 9.19. The van der Waals surface area contributed by atoms with E-state index in [2.05, 4.69) is 0 Å². The number of anilines is 1. The highest BCUT2D eigenvalue weighted by molar-refractivity contribution is 5.82. The Kier molecular flexibility index (Phi) is 4.77. The first kappa shape index (κ1) is 14.9. The van der Waals surface area contributed by atoms with Crippen LogP contribution < -0.4 is 4.90 Å². The normalized spacial score (nSPS) is 14.5. The molecule has 1 aromatic carbocycles. The van der Waals surface area contributed by atoms with E-state index < -0.39 is 0 Å². The number of hydrogen-bond acceptors (Lipinski definition) is 4. The summed E-state index contributed by atoms with van der Waals surface area (Å²) in [5.74, 6) is -0.0614. The summed E-state index contributed by atoms with van der Waals surface area (Å²) in [4.78, 5) is 28.3. The Balaban J connectivity index is 1.93. The molecule has 6 nitrogen and oxygen atoms in total. The lowest BCUT2D eigenvalue weighted by Crippen LogP contribution is -2.52. The quantitative estimate of drug-likeness (QED) is 0.605. The molecule has 0 saturated carbocycles. The van der Waals surface area contributed by atoms with Gasteiger partial charge in [0, 0.05) is 33.1 Å². The molecule has 1 saturated heterocycles. The summed E-state index contributed by atoms with van der Waals surface area (Å²) < 4.78 is 0. The van der Waals surface area contributed by atoms with Crippen LogP contribution in [0.4, 0.5) is 5.69 Å². The molecule has 0 atom stereocenters. The first-order valence-corrected chi connectivity index (χ1v) is 6.87. The fourth-order valence-electron chi connectivity index (χ4n) is 2.30. The second-order valence-corrected chi connectivity index (χ2v) is 4.91. The van der Waals surface area contributed by atoms with E-state index in [0.717, 1.165) is 0 Å². The van der Waals surface area contributed by atoms with Crippen LogP contribution in [0.5, 0.6) is 0 Å². The minimum absolute atomic E-state index is 0.0284. The number of para-hydroxylation sites is 1. The fourth-order valence-corrected chi connectivity index (χ4v) is 2.30. The molecule has 1 aromatic rings. The van der Waals surface area contributed by atoms with Gasteiger partial charge >= 0.3 is 0 Å². The summed E-state index contributed by atoms with van der Waals surface area (Å²) in [5.41, 5.74) is 0.704. The van der Waals surface area contributed by atoms with Crippen molar-refractivity contribution in [2.24, 2.45) is 0 Å². The molecule has 0 aromatic heterocycles. The summed E-state index contributed by atoms with van der Waals surface area (Å²) in [6.45, 7) is 3.71. The number of rotatable bonds is 3. The van der Waals surface area contributed by atoms with Gasteiger partial charge in [-0.2, -0.15) is 5.26 Å². The third-order valence-corrected chi connectivity index (χ3v) is 3.56. The van der Waals surface area contributed by atoms with Gasteiger partial charge in [-0.1, -0.05) is 18.2 Å². The van der Waals surface area contributed by atoms with Crippen molar-refractivity contribution in [3.8, 4) is 6.19 Å². The minimum atomic E-state index is -0.0939. The van der Waals surface area contributed by atoms with Crippen molar-refractivity contribution in [3.63, 3.8) is 0 Å². The van der Waals surface area contributed by atoms with Crippen molar-refractivity contribution in [2.45, 2.75) is 6.92 Å². The van der Waals surface area contributed by atoms with Crippen molar-refractivity contribution in [1.82, 2.24) is 9.80 Å². The number of nitrogens with zero attached hydrogens (tertiary/aromatic N) is 4. The van der Waals surface area contributed by atoms with Crippen LogP contribution in [0, 0.1) is 11.5 Å². The second kappa shape index (κ2) is 6.75. The van der Waals surface area contributed by atoms with Gasteiger partial charge in [-0.3, -0.25) is 14.5 Å². The van der Waals surface area contributed by atoms with Crippen molar-refractivity contribution in [3.05, 3.63) is 30.3 Å². The predicted molar refractivity (Wildman–Crippen MR) is 78.2 cm³/mol. The monoisotopic (exact) mass is 286 g/mol. The molecule has 1 aliphatic heterocycles. The number of hydrogen-bond donors (Lipinski definition) is 0. The topological polar surface area (TPSA) is 67.7 Å². The lowest BCUT2D eigenvalue weighted by molar-refractivity contribution is -0.137.